The average Bonchev–Trinajstić information content (AvgIpc) is 2.71. The molecule has 10 nitrogen and oxygen atoms in total. The lowest BCUT2D eigenvalue weighted by Gasteiger charge is -2.32. The fourth-order valence-electron chi connectivity index (χ4n) is 3.90. The molecule has 0 bridgehead atoms. The molecule has 1 aliphatic heterocycles. The van der Waals surface area contributed by atoms with Gasteiger partial charge in [0.15, 0.2) is 23.0 Å². The number of aromatic hydroxyl groups is 5. The molecular formula is C20H19NO9. The van der Waals surface area contributed by atoms with Crippen LogP contribution in [0.2, 0.25) is 0 Å². The van der Waals surface area contributed by atoms with Crippen LogP contribution in [0.1, 0.15) is 46.4 Å². The fraction of sp³-hybridized carbons (Fsp3) is 0.300. The smallest absolute Gasteiger partial charge is 0.339 e. The Morgan fingerprint density at radius 2 is 1.20 bits per heavy atom. The number of rotatable bonds is 0. The second-order valence-corrected chi connectivity index (χ2v) is 7.27. The van der Waals surface area contributed by atoms with E-state index in [-0.39, 0.29) is 16.7 Å². The number of benzene rings is 2. The zero-order chi connectivity index (χ0) is 21.7. The first-order valence-corrected chi connectivity index (χ1v) is 9.25. The number of hydrogen-bond acceptors (Lipinski definition) is 10. The van der Waals surface area contributed by atoms with Crippen molar-refractivity contribution in [2.24, 2.45) is 0 Å². The van der Waals surface area contributed by atoms with Crippen LogP contribution in [0.25, 0.3) is 11.1 Å². The quantitative estimate of drug-likeness (QED) is 0.211. The number of anilines is 1. The number of ether oxygens (including phenoxy) is 2. The minimum absolute atomic E-state index is 0.344. The molecule has 2 aromatic rings. The maximum Gasteiger partial charge on any atom is 0.339 e. The summed E-state index contributed by atoms with van der Waals surface area (Å²) in [5.41, 5.74) is 3.81. The van der Waals surface area contributed by atoms with Crippen molar-refractivity contribution in [2.45, 2.75) is 37.9 Å². The first kappa shape index (κ1) is 19.5. The third kappa shape index (κ3) is 2.88. The minimum atomic E-state index is -0.972. The molecule has 2 aliphatic rings. The third-order valence-corrected chi connectivity index (χ3v) is 5.42. The summed E-state index contributed by atoms with van der Waals surface area (Å²) < 4.78 is 11.0. The SMILES string of the molecule is Nc1c(O)c(O)cc2c1-c1c(cc(O)c(O)c1O)C(=O)OC1CCCCC1OC2=O. The standard InChI is InChI=1S/C20H19NO9/c21-15-13-7(5-9(22)16(15)24)19(27)29-11-3-1-2-4-12(11)30-20(28)8-6-10(23)17(25)18(26)14(8)13/h5-6,11-12,22-26H,1-4,21H2. The summed E-state index contributed by atoms with van der Waals surface area (Å²) in [6.45, 7) is 0. The minimum Gasteiger partial charge on any atom is -0.504 e. The predicted octanol–water partition coefficient (Wildman–Crippen LogP) is 2.10. The lowest BCUT2D eigenvalue weighted by Crippen LogP contribution is -2.38. The number of nitrogens with two attached hydrogens (primary N) is 1. The van der Waals surface area contributed by atoms with Gasteiger partial charge in [-0.3, -0.25) is 0 Å². The van der Waals surface area contributed by atoms with E-state index in [4.69, 9.17) is 15.2 Å². The van der Waals surface area contributed by atoms with E-state index in [9.17, 15) is 35.1 Å². The van der Waals surface area contributed by atoms with Crippen molar-refractivity contribution >= 4 is 17.6 Å². The molecule has 1 heterocycles. The van der Waals surface area contributed by atoms with Crippen LogP contribution in [0.5, 0.6) is 28.7 Å². The van der Waals surface area contributed by atoms with Crippen molar-refractivity contribution in [3.05, 3.63) is 23.3 Å². The molecule has 0 saturated heterocycles. The Balaban J connectivity index is 2.07. The molecular weight excluding hydrogens is 398 g/mol. The number of phenols is 5. The summed E-state index contributed by atoms with van der Waals surface area (Å²) in [4.78, 5) is 25.9. The summed E-state index contributed by atoms with van der Waals surface area (Å²) in [5.74, 6) is -6.14. The third-order valence-electron chi connectivity index (χ3n) is 5.42. The van der Waals surface area contributed by atoms with Gasteiger partial charge < -0.3 is 40.7 Å². The molecule has 1 fully saturated rings. The Kier molecular flexibility index (Phi) is 4.49. The number of nitrogen functional groups attached to an aromatic ring is 1. The molecule has 30 heavy (non-hydrogen) atoms. The molecule has 0 aromatic heterocycles. The number of carbonyl (C=O) groups excluding carboxylic acids is 2. The molecule has 1 saturated carbocycles. The molecule has 10 heteroatoms. The maximum absolute atomic E-state index is 12.9. The monoisotopic (exact) mass is 417 g/mol. The highest BCUT2D eigenvalue weighted by molar-refractivity contribution is 6.10. The normalized spacial score (nSPS) is 20.9. The lowest BCUT2D eigenvalue weighted by atomic mass is 9.90. The lowest BCUT2D eigenvalue weighted by molar-refractivity contribution is -0.0516. The highest BCUT2D eigenvalue weighted by atomic mass is 16.6. The van der Waals surface area contributed by atoms with Gasteiger partial charge in [-0.25, -0.2) is 9.59 Å². The number of carbonyl (C=O) groups is 2. The van der Waals surface area contributed by atoms with E-state index in [0.29, 0.717) is 12.8 Å². The van der Waals surface area contributed by atoms with E-state index in [1.165, 1.54) is 0 Å². The average molecular weight is 417 g/mol. The molecule has 4 rings (SSSR count). The Bertz CT molecular complexity index is 993. The topological polar surface area (TPSA) is 180 Å². The van der Waals surface area contributed by atoms with E-state index in [0.717, 1.165) is 25.0 Å². The molecule has 2 atom stereocenters. The summed E-state index contributed by atoms with van der Waals surface area (Å²) >= 11 is 0. The van der Waals surface area contributed by atoms with E-state index >= 15 is 0 Å². The number of hydrogen-bond donors (Lipinski definition) is 6. The molecule has 0 spiro atoms. The molecule has 158 valence electrons. The van der Waals surface area contributed by atoms with Crippen LogP contribution < -0.4 is 5.73 Å². The second kappa shape index (κ2) is 6.90. The van der Waals surface area contributed by atoms with Gasteiger partial charge in [-0.2, -0.15) is 0 Å². The predicted molar refractivity (Wildman–Crippen MR) is 101 cm³/mol. The van der Waals surface area contributed by atoms with Crippen molar-refractivity contribution in [1.82, 2.24) is 0 Å². The fourth-order valence-corrected chi connectivity index (χ4v) is 3.90. The second-order valence-electron chi connectivity index (χ2n) is 7.27. The van der Waals surface area contributed by atoms with Crippen LogP contribution in [0, 0.1) is 0 Å². The van der Waals surface area contributed by atoms with Gasteiger partial charge in [0.1, 0.15) is 12.2 Å². The Labute approximate surface area is 169 Å². The van der Waals surface area contributed by atoms with Crippen LogP contribution in [0.15, 0.2) is 12.1 Å². The maximum atomic E-state index is 12.9. The van der Waals surface area contributed by atoms with Crippen molar-refractivity contribution in [3.63, 3.8) is 0 Å². The zero-order valence-electron chi connectivity index (χ0n) is 15.6. The Morgan fingerprint density at radius 1 is 0.733 bits per heavy atom. The van der Waals surface area contributed by atoms with Crippen molar-refractivity contribution < 1.29 is 44.6 Å². The number of fused-ring (bicyclic) bond motifs is 4. The number of phenolic OH excluding ortho intramolecular Hbond substituents is 5. The summed E-state index contributed by atoms with van der Waals surface area (Å²) in [6.07, 6.45) is 0.853. The Morgan fingerprint density at radius 3 is 1.73 bits per heavy atom. The molecule has 2 aromatic carbocycles. The summed E-state index contributed by atoms with van der Waals surface area (Å²) in [6, 6.07) is 1.76. The largest absolute Gasteiger partial charge is 0.504 e. The van der Waals surface area contributed by atoms with E-state index < -0.39 is 64.1 Å². The molecule has 0 radical (unpaired) electrons. The summed E-state index contributed by atoms with van der Waals surface area (Å²) in [5, 5.41) is 50.5. The van der Waals surface area contributed by atoms with Gasteiger partial charge in [0.2, 0.25) is 5.75 Å². The van der Waals surface area contributed by atoms with Crippen molar-refractivity contribution in [2.75, 3.05) is 5.73 Å². The van der Waals surface area contributed by atoms with Gasteiger partial charge in [0.25, 0.3) is 0 Å². The van der Waals surface area contributed by atoms with Crippen LogP contribution in [-0.4, -0.2) is 49.7 Å². The molecule has 2 unspecified atom stereocenters. The zero-order valence-corrected chi connectivity index (χ0v) is 15.6. The van der Waals surface area contributed by atoms with Crippen LogP contribution in [0.3, 0.4) is 0 Å². The highest BCUT2D eigenvalue weighted by Gasteiger charge is 2.37. The number of esters is 2. The molecule has 7 N–H and O–H groups in total. The van der Waals surface area contributed by atoms with Gasteiger partial charge in [-0.15, -0.1) is 0 Å². The van der Waals surface area contributed by atoms with Crippen LogP contribution >= 0.6 is 0 Å². The van der Waals surface area contributed by atoms with Gasteiger partial charge in [-0.1, -0.05) is 0 Å². The molecule has 1 aliphatic carbocycles. The van der Waals surface area contributed by atoms with Gasteiger partial charge in [0, 0.05) is 11.1 Å². The molecule has 0 amide bonds. The van der Waals surface area contributed by atoms with E-state index in [2.05, 4.69) is 0 Å². The Hall–Kier alpha value is -3.82. The van der Waals surface area contributed by atoms with Crippen molar-refractivity contribution in [3.8, 4) is 39.9 Å². The first-order valence-electron chi connectivity index (χ1n) is 9.25. The van der Waals surface area contributed by atoms with Crippen LogP contribution in [-0.2, 0) is 9.47 Å². The van der Waals surface area contributed by atoms with E-state index in [1.807, 2.05) is 0 Å². The van der Waals surface area contributed by atoms with Crippen LogP contribution in [0.4, 0.5) is 5.69 Å². The summed E-state index contributed by atoms with van der Waals surface area (Å²) in [7, 11) is 0. The van der Waals surface area contributed by atoms with Crippen molar-refractivity contribution in [1.29, 1.82) is 0 Å². The van der Waals surface area contributed by atoms with Gasteiger partial charge in [0.05, 0.1) is 16.8 Å². The highest BCUT2D eigenvalue weighted by Crippen LogP contribution is 2.51. The van der Waals surface area contributed by atoms with Gasteiger partial charge >= 0.3 is 11.9 Å². The van der Waals surface area contributed by atoms with E-state index in [1.54, 1.807) is 0 Å². The first-order chi connectivity index (χ1) is 14.2. The van der Waals surface area contributed by atoms with Gasteiger partial charge in [-0.05, 0) is 37.8 Å².